The van der Waals surface area contributed by atoms with Crippen molar-refractivity contribution in [2.45, 2.75) is 35.9 Å². The molecule has 1 amide bonds. The van der Waals surface area contributed by atoms with Gasteiger partial charge in [0, 0.05) is 31.1 Å². The lowest BCUT2D eigenvalue weighted by Crippen LogP contribution is -2.30. The maximum absolute atomic E-state index is 11.7. The maximum atomic E-state index is 11.7. The minimum atomic E-state index is 0.0486. The Bertz CT molecular complexity index is 597. The fraction of sp³-hybridized carbons (Fsp3) is 0.385. The highest BCUT2D eigenvalue weighted by atomic mass is 32.2. The predicted octanol–water partition coefficient (Wildman–Crippen LogP) is 2.74. The van der Waals surface area contributed by atoms with Crippen molar-refractivity contribution in [3.05, 3.63) is 30.1 Å². The molecule has 0 aliphatic heterocycles. The van der Waals surface area contributed by atoms with Gasteiger partial charge in [-0.15, -0.1) is 10.2 Å². The van der Waals surface area contributed by atoms with Gasteiger partial charge in [-0.05, 0) is 24.5 Å². The second-order valence-electron chi connectivity index (χ2n) is 4.62. The Kier molecular flexibility index (Phi) is 3.98. The number of anilines is 1. The third kappa shape index (κ3) is 3.16. The van der Waals surface area contributed by atoms with E-state index >= 15 is 0 Å². The van der Waals surface area contributed by atoms with Crippen molar-refractivity contribution in [3.8, 4) is 0 Å². The first-order valence-corrected chi connectivity index (χ1v) is 8.19. The van der Waals surface area contributed by atoms with Gasteiger partial charge in [0.25, 0.3) is 0 Å². The zero-order valence-electron chi connectivity index (χ0n) is 11.0. The lowest BCUT2D eigenvalue weighted by Gasteiger charge is -2.15. The molecule has 3 rings (SSSR count). The van der Waals surface area contributed by atoms with E-state index in [0.717, 1.165) is 28.5 Å². The van der Waals surface area contributed by atoms with Crippen LogP contribution in [0, 0.1) is 0 Å². The number of carbonyl (C=O) groups excluding carboxylic acids is 1. The zero-order valence-corrected chi connectivity index (χ0v) is 12.7. The molecule has 0 bridgehead atoms. The van der Waals surface area contributed by atoms with Crippen LogP contribution in [0.15, 0.2) is 28.9 Å². The van der Waals surface area contributed by atoms with E-state index in [4.69, 9.17) is 0 Å². The Labute approximate surface area is 125 Å². The summed E-state index contributed by atoms with van der Waals surface area (Å²) in [6.07, 6.45) is 5.74. The summed E-state index contributed by atoms with van der Waals surface area (Å²) in [5.74, 6) is 0.860. The molecule has 5 nitrogen and oxygen atoms in total. The smallest absolute Gasteiger partial charge is 0.225 e. The van der Waals surface area contributed by atoms with Gasteiger partial charge in [-0.2, -0.15) is 0 Å². The van der Waals surface area contributed by atoms with Crippen LogP contribution in [0.25, 0.3) is 0 Å². The number of amides is 1. The molecule has 0 radical (unpaired) electrons. The van der Waals surface area contributed by atoms with Crippen LogP contribution in [0.4, 0.5) is 5.13 Å². The molecule has 0 N–H and O–H groups in total. The van der Waals surface area contributed by atoms with Gasteiger partial charge < -0.3 is 0 Å². The Balaban J connectivity index is 1.66. The van der Waals surface area contributed by atoms with E-state index in [0.29, 0.717) is 11.2 Å². The molecule has 7 heteroatoms. The number of nitrogens with zero attached hydrogens (tertiary/aromatic N) is 4. The minimum absolute atomic E-state index is 0.0486. The Hall–Kier alpha value is -1.47. The molecule has 2 aromatic heterocycles. The highest BCUT2D eigenvalue weighted by Gasteiger charge is 2.34. The Morgan fingerprint density at radius 3 is 3.00 bits per heavy atom. The van der Waals surface area contributed by atoms with Crippen molar-refractivity contribution < 1.29 is 4.79 Å². The molecule has 1 aliphatic rings. The van der Waals surface area contributed by atoms with Gasteiger partial charge in [0.15, 0.2) is 4.34 Å². The average molecular weight is 306 g/mol. The molecule has 2 aromatic rings. The van der Waals surface area contributed by atoms with Crippen molar-refractivity contribution in [2.75, 3.05) is 4.90 Å². The fourth-order valence-electron chi connectivity index (χ4n) is 1.87. The highest BCUT2D eigenvalue weighted by molar-refractivity contribution is 8.00. The lowest BCUT2D eigenvalue weighted by atomic mass is 10.3. The number of thioether (sulfide) groups is 1. The van der Waals surface area contributed by atoms with E-state index in [-0.39, 0.29) is 5.91 Å². The monoisotopic (exact) mass is 306 g/mol. The molecule has 0 spiro atoms. The van der Waals surface area contributed by atoms with Gasteiger partial charge in [-0.25, -0.2) is 0 Å². The highest BCUT2D eigenvalue weighted by Crippen LogP contribution is 2.36. The van der Waals surface area contributed by atoms with Crippen molar-refractivity contribution in [1.29, 1.82) is 0 Å². The topological polar surface area (TPSA) is 59.0 Å². The number of hydrogen-bond donors (Lipinski definition) is 0. The summed E-state index contributed by atoms with van der Waals surface area (Å²) in [5, 5.41) is 9.03. The van der Waals surface area contributed by atoms with Gasteiger partial charge in [-0.1, -0.05) is 29.2 Å². The molecular weight excluding hydrogens is 292 g/mol. The molecule has 104 valence electrons. The molecule has 0 aromatic carbocycles. The normalized spacial score (nSPS) is 14.2. The van der Waals surface area contributed by atoms with E-state index in [2.05, 4.69) is 15.2 Å². The summed E-state index contributed by atoms with van der Waals surface area (Å²) >= 11 is 3.10. The Morgan fingerprint density at radius 1 is 1.50 bits per heavy atom. The number of carbonyl (C=O) groups is 1. The zero-order chi connectivity index (χ0) is 13.9. The molecule has 1 fully saturated rings. The SMILES string of the molecule is CC(=O)N(c1nnc(SCc2cccnc2)s1)C1CC1. The number of pyridine rings is 1. The molecule has 0 atom stereocenters. The third-order valence-corrected chi connectivity index (χ3v) is 5.07. The van der Waals surface area contributed by atoms with E-state index in [9.17, 15) is 4.79 Å². The van der Waals surface area contributed by atoms with Crippen LogP contribution in [0.3, 0.4) is 0 Å². The minimum Gasteiger partial charge on any atom is -0.284 e. The van der Waals surface area contributed by atoms with Gasteiger partial charge >= 0.3 is 0 Å². The van der Waals surface area contributed by atoms with E-state index in [1.165, 1.54) is 11.3 Å². The quantitative estimate of drug-likeness (QED) is 0.628. The second kappa shape index (κ2) is 5.88. The largest absolute Gasteiger partial charge is 0.284 e. The van der Waals surface area contributed by atoms with Crippen molar-refractivity contribution in [2.24, 2.45) is 0 Å². The molecule has 2 heterocycles. The molecule has 1 aliphatic carbocycles. The van der Waals surface area contributed by atoms with Crippen molar-refractivity contribution >= 4 is 34.1 Å². The van der Waals surface area contributed by atoms with E-state index in [1.807, 2.05) is 18.3 Å². The summed E-state index contributed by atoms with van der Waals surface area (Å²) in [6.45, 7) is 1.59. The van der Waals surface area contributed by atoms with E-state index in [1.54, 1.807) is 29.8 Å². The average Bonchev–Trinajstić information content (AvgIpc) is 3.16. The van der Waals surface area contributed by atoms with Crippen molar-refractivity contribution in [3.63, 3.8) is 0 Å². The van der Waals surface area contributed by atoms with Gasteiger partial charge in [0.1, 0.15) is 0 Å². The first-order valence-electron chi connectivity index (χ1n) is 6.39. The molecule has 0 unspecified atom stereocenters. The number of hydrogen-bond acceptors (Lipinski definition) is 6. The molecule has 1 saturated carbocycles. The van der Waals surface area contributed by atoms with Crippen LogP contribution < -0.4 is 4.90 Å². The van der Waals surface area contributed by atoms with Crippen molar-refractivity contribution in [1.82, 2.24) is 15.2 Å². The first kappa shape index (κ1) is 13.5. The standard InChI is InChI=1S/C13H14N4OS2/c1-9(18)17(11-4-5-11)12-15-16-13(20-12)19-8-10-3-2-6-14-7-10/h2-3,6-7,11H,4-5,8H2,1H3. The Morgan fingerprint density at radius 2 is 2.35 bits per heavy atom. The summed E-state index contributed by atoms with van der Waals surface area (Å²) in [7, 11) is 0. The summed E-state index contributed by atoms with van der Waals surface area (Å²) in [4.78, 5) is 17.5. The van der Waals surface area contributed by atoms with Crippen LogP contribution in [0.5, 0.6) is 0 Å². The summed E-state index contributed by atoms with van der Waals surface area (Å²) < 4.78 is 0.885. The first-order chi connectivity index (χ1) is 9.74. The second-order valence-corrected chi connectivity index (χ2v) is 6.80. The maximum Gasteiger partial charge on any atom is 0.225 e. The molecule has 0 saturated heterocycles. The van der Waals surface area contributed by atoms with E-state index < -0.39 is 0 Å². The predicted molar refractivity (Wildman–Crippen MR) is 79.9 cm³/mol. The fourth-order valence-corrected chi connectivity index (χ4v) is 3.76. The van der Waals surface area contributed by atoms with Crippen LogP contribution in [0.2, 0.25) is 0 Å². The summed E-state index contributed by atoms with van der Waals surface area (Å²) in [6, 6.07) is 4.29. The number of aromatic nitrogens is 3. The summed E-state index contributed by atoms with van der Waals surface area (Å²) in [5.41, 5.74) is 1.15. The van der Waals surface area contributed by atoms with Crippen LogP contribution >= 0.6 is 23.1 Å². The van der Waals surface area contributed by atoms with Crippen LogP contribution in [-0.4, -0.2) is 27.1 Å². The molecule has 20 heavy (non-hydrogen) atoms. The van der Waals surface area contributed by atoms with Crippen LogP contribution in [0.1, 0.15) is 25.3 Å². The third-order valence-electron chi connectivity index (χ3n) is 2.94. The lowest BCUT2D eigenvalue weighted by molar-refractivity contribution is -0.116. The molecular formula is C13H14N4OS2. The van der Waals surface area contributed by atoms with Crippen LogP contribution in [-0.2, 0) is 10.5 Å². The number of rotatable bonds is 5. The van der Waals surface area contributed by atoms with Gasteiger partial charge in [-0.3, -0.25) is 14.7 Å². The van der Waals surface area contributed by atoms with Gasteiger partial charge in [0.05, 0.1) is 0 Å². The van der Waals surface area contributed by atoms with Gasteiger partial charge in [0.2, 0.25) is 11.0 Å².